The van der Waals surface area contributed by atoms with Crippen LogP contribution in [-0.2, 0) is 4.79 Å². The Morgan fingerprint density at radius 1 is 1.75 bits per heavy atom. The quantitative estimate of drug-likeness (QED) is 0.520. The molecule has 2 heteroatoms. The van der Waals surface area contributed by atoms with Gasteiger partial charge in [-0.3, -0.25) is 4.79 Å². The van der Waals surface area contributed by atoms with E-state index in [4.69, 9.17) is 0 Å². The maximum Gasteiger partial charge on any atom is 0.207 e. The Balaban J connectivity index is 2.26. The number of rotatable bonds is 2. The van der Waals surface area contributed by atoms with Crippen molar-refractivity contribution >= 4 is 6.41 Å². The first-order chi connectivity index (χ1) is 3.67. The molecule has 0 saturated heterocycles. The van der Waals surface area contributed by atoms with Gasteiger partial charge in [0.05, 0.1) is 0 Å². The molecule has 0 spiro atoms. The van der Waals surface area contributed by atoms with E-state index in [0.29, 0.717) is 11.5 Å². The maximum absolute atomic E-state index is 9.83. The minimum atomic E-state index is 0.376. The van der Waals surface area contributed by atoms with E-state index in [1.54, 1.807) is 0 Å². The van der Waals surface area contributed by atoms with Crippen molar-refractivity contribution in [3.05, 3.63) is 0 Å². The smallest absolute Gasteiger partial charge is 0.207 e. The molecule has 46 valence electrons. The van der Waals surface area contributed by atoms with E-state index >= 15 is 0 Å². The van der Waals surface area contributed by atoms with E-state index in [9.17, 15) is 4.79 Å². The van der Waals surface area contributed by atoms with Gasteiger partial charge < -0.3 is 5.32 Å². The molecule has 0 aromatic heterocycles. The lowest BCUT2D eigenvalue weighted by Gasteiger charge is -1.98. The molecule has 1 aliphatic rings. The van der Waals surface area contributed by atoms with Gasteiger partial charge in [-0.15, -0.1) is 0 Å². The van der Waals surface area contributed by atoms with Gasteiger partial charge in [0, 0.05) is 6.04 Å². The SMILES string of the molecule is CC1(C)C[C@@H]1NC=O. The van der Waals surface area contributed by atoms with Crippen LogP contribution >= 0.6 is 0 Å². The van der Waals surface area contributed by atoms with Crippen LogP contribution in [0.15, 0.2) is 0 Å². The highest BCUT2D eigenvalue weighted by molar-refractivity contribution is 5.48. The van der Waals surface area contributed by atoms with Gasteiger partial charge in [-0.25, -0.2) is 0 Å². The number of amides is 1. The molecule has 2 nitrogen and oxygen atoms in total. The van der Waals surface area contributed by atoms with Gasteiger partial charge in [0.25, 0.3) is 0 Å². The summed E-state index contributed by atoms with van der Waals surface area (Å²) in [6.07, 6.45) is 1.91. The molecule has 0 aliphatic heterocycles. The molecule has 1 fully saturated rings. The molecular formula is C6H11NO. The van der Waals surface area contributed by atoms with Crippen molar-refractivity contribution in [2.24, 2.45) is 5.41 Å². The Hall–Kier alpha value is -0.530. The van der Waals surface area contributed by atoms with Crippen LogP contribution in [0.3, 0.4) is 0 Å². The molecule has 0 radical (unpaired) electrons. The molecule has 8 heavy (non-hydrogen) atoms. The summed E-state index contributed by atoms with van der Waals surface area (Å²) in [6.45, 7) is 4.29. The first-order valence-corrected chi connectivity index (χ1v) is 2.86. The Kier molecular flexibility index (Phi) is 1.03. The Bertz CT molecular complexity index is 109. The number of carbonyl (C=O) groups is 1. The first kappa shape index (κ1) is 5.60. The Morgan fingerprint density at radius 2 is 2.25 bits per heavy atom. The minimum absolute atomic E-state index is 0.376. The fraction of sp³-hybridized carbons (Fsp3) is 0.833. The highest BCUT2D eigenvalue weighted by Crippen LogP contribution is 2.44. The number of hydrogen-bond acceptors (Lipinski definition) is 1. The summed E-state index contributed by atoms with van der Waals surface area (Å²) >= 11 is 0. The second-order valence-corrected chi connectivity index (χ2v) is 3.03. The van der Waals surface area contributed by atoms with Gasteiger partial charge >= 0.3 is 0 Å². The number of carbonyl (C=O) groups excluding carboxylic acids is 1. The predicted molar refractivity (Wildman–Crippen MR) is 31.4 cm³/mol. The molecule has 1 rings (SSSR count). The van der Waals surface area contributed by atoms with Gasteiger partial charge in [-0.2, -0.15) is 0 Å². The van der Waals surface area contributed by atoms with Crippen LogP contribution in [0.25, 0.3) is 0 Å². The lowest BCUT2D eigenvalue weighted by molar-refractivity contribution is -0.109. The summed E-state index contributed by atoms with van der Waals surface area (Å²) < 4.78 is 0. The predicted octanol–water partition coefficient (Wildman–Crippen LogP) is 0.531. The topological polar surface area (TPSA) is 29.1 Å². The van der Waals surface area contributed by atoms with Gasteiger partial charge in [-0.1, -0.05) is 13.8 Å². The van der Waals surface area contributed by atoms with E-state index in [0.717, 1.165) is 12.8 Å². The van der Waals surface area contributed by atoms with Crippen molar-refractivity contribution in [1.29, 1.82) is 0 Å². The molecule has 1 atom stereocenters. The van der Waals surface area contributed by atoms with Crippen molar-refractivity contribution in [2.75, 3.05) is 0 Å². The van der Waals surface area contributed by atoms with Crippen molar-refractivity contribution in [1.82, 2.24) is 5.32 Å². The largest absolute Gasteiger partial charge is 0.355 e. The van der Waals surface area contributed by atoms with Crippen LogP contribution in [0.2, 0.25) is 0 Å². The second-order valence-electron chi connectivity index (χ2n) is 3.03. The third-order valence-electron chi connectivity index (χ3n) is 1.78. The van der Waals surface area contributed by atoms with Gasteiger partial charge in [-0.05, 0) is 11.8 Å². The van der Waals surface area contributed by atoms with Crippen molar-refractivity contribution < 1.29 is 4.79 Å². The zero-order valence-corrected chi connectivity index (χ0v) is 5.27. The lowest BCUT2D eigenvalue weighted by atomic mass is 10.2. The second kappa shape index (κ2) is 1.47. The summed E-state index contributed by atoms with van der Waals surface area (Å²) in [5.74, 6) is 0. The zero-order chi connectivity index (χ0) is 6.20. The van der Waals surface area contributed by atoms with E-state index in [2.05, 4.69) is 19.2 Å². The molecule has 1 amide bonds. The van der Waals surface area contributed by atoms with E-state index < -0.39 is 0 Å². The monoisotopic (exact) mass is 113 g/mol. The summed E-state index contributed by atoms with van der Waals surface area (Å²) in [4.78, 5) is 9.83. The molecule has 0 bridgehead atoms. The van der Waals surface area contributed by atoms with Crippen LogP contribution in [0.1, 0.15) is 20.3 Å². The molecular weight excluding hydrogens is 102 g/mol. The Morgan fingerprint density at radius 3 is 2.38 bits per heavy atom. The van der Waals surface area contributed by atoms with Crippen molar-refractivity contribution in [3.8, 4) is 0 Å². The molecule has 1 aliphatic carbocycles. The highest BCUT2D eigenvalue weighted by atomic mass is 16.1. The zero-order valence-electron chi connectivity index (χ0n) is 5.27. The minimum Gasteiger partial charge on any atom is -0.355 e. The van der Waals surface area contributed by atoms with Crippen molar-refractivity contribution in [2.45, 2.75) is 26.3 Å². The molecule has 1 saturated carbocycles. The molecule has 0 aromatic rings. The van der Waals surface area contributed by atoms with Gasteiger partial charge in [0.15, 0.2) is 0 Å². The number of nitrogens with one attached hydrogen (secondary N) is 1. The average Bonchev–Trinajstić information content (AvgIpc) is 2.15. The van der Waals surface area contributed by atoms with Crippen LogP contribution in [-0.4, -0.2) is 12.5 Å². The highest BCUT2D eigenvalue weighted by Gasteiger charge is 2.45. The molecule has 0 heterocycles. The lowest BCUT2D eigenvalue weighted by Crippen LogP contribution is -2.17. The fourth-order valence-electron chi connectivity index (χ4n) is 0.834. The third kappa shape index (κ3) is 0.831. The standard InChI is InChI=1S/C6H11NO/c1-6(2)3-5(6)7-4-8/h4-5H,3H2,1-2H3,(H,7,8)/t5-/m0/s1. The summed E-state index contributed by atoms with van der Waals surface area (Å²) in [6, 6.07) is 0.444. The third-order valence-corrected chi connectivity index (χ3v) is 1.78. The molecule has 0 aromatic carbocycles. The summed E-state index contributed by atoms with van der Waals surface area (Å²) in [5.41, 5.74) is 0.376. The van der Waals surface area contributed by atoms with E-state index in [1.807, 2.05) is 0 Å². The van der Waals surface area contributed by atoms with E-state index in [-0.39, 0.29) is 0 Å². The van der Waals surface area contributed by atoms with Crippen LogP contribution in [0.4, 0.5) is 0 Å². The van der Waals surface area contributed by atoms with Crippen molar-refractivity contribution in [3.63, 3.8) is 0 Å². The summed E-state index contributed by atoms with van der Waals surface area (Å²) in [7, 11) is 0. The van der Waals surface area contributed by atoms with Crippen LogP contribution in [0.5, 0.6) is 0 Å². The van der Waals surface area contributed by atoms with Crippen LogP contribution < -0.4 is 5.32 Å². The van der Waals surface area contributed by atoms with Crippen LogP contribution in [0, 0.1) is 5.41 Å². The number of hydrogen-bond donors (Lipinski definition) is 1. The molecule has 1 N–H and O–H groups in total. The Labute approximate surface area is 49.3 Å². The normalized spacial score (nSPS) is 31.5. The molecule has 0 unspecified atom stereocenters. The first-order valence-electron chi connectivity index (χ1n) is 2.86. The van der Waals surface area contributed by atoms with E-state index in [1.165, 1.54) is 0 Å². The average molecular weight is 113 g/mol. The maximum atomic E-state index is 9.83. The van der Waals surface area contributed by atoms with Gasteiger partial charge in [0.1, 0.15) is 0 Å². The fourth-order valence-corrected chi connectivity index (χ4v) is 0.834. The van der Waals surface area contributed by atoms with Gasteiger partial charge in [0.2, 0.25) is 6.41 Å². The summed E-state index contributed by atoms with van der Waals surface area (Å²) in [5, 5.41) is 2.73.